The van der Waals surface area contributed by atoms with Crippen LogP contribution in [0.25, 0.3) is 5.65 Å². The lowest BCUT2D eigenvalue weighted by Gasteiger charge is -2.10. The van der Waals surface area contributed by atoms with Gasteiger partial charge in [-0.2, -0.15) is 0 Å². The van der Waals surface area contributed by atoms with Crippen molar-refractivity contribution in [2.24, 2.45) is 5.92 Å². The number of aromatic nitrogens is 3. The van der Waals surface area contributed by atoms with Gasteiger partial charge < -0.3 is 15.4 Å². The second-order valence-corrected chi connectivity index (χ2v) is 4.84. The number of carbonyl (C=O) groups excluding carboxylic acids is 1. The third-order valence-corrected chi connectivity index (χ3v) is 3.37. The van der Waals surface area contributed by atoms with Gasteiger partial charge >= 0.3 is 6.03 Å². The molecule has 0 bridgehead atoms. The number of nitrogens with zero attached hydrogens (tertiary/aromatic N) is 3. The normalized spacial score (nSPS) is 18.3. The van der Waals surface area contributed by atoms with E-state index in [0.717, 1.165) is 25.3 Å². The van der Waals surface area contributed by atoms with Crippen LogP contribution in [-0.2, 0) is 11.3 Å². The van der Waals surface area contributed by atoms with Gasteiger partial charge in [0.2, 0.25) is 0 Å². The third kappa shape index (κ3) is 2.88. The van der Waals surface area contributed by atoms with Crippen molar-refractivity contribution in [1.29, 1.82) is 0 Å². The lowest BCUT2D eigenvalue weighted by atomic mass is 10.1. The Morgan fingerprint density at radius 3 is 3.20 bits per heavy atom. The SMILES string of the molecule is O=C(NCc1nnc2ccccn12)NCC1CCOC1. The van der Waals surface area contributed by atoms with Crippen molar-refractivity contribution in [2.45, 2.75) is 13.0 Å². The fourth-order valence-electron chi connectivity index (χ4n) is 2.21. The number of hydrogen-bond acceptors (Lipinski definition) is 4. The Labute approximate surface area is 116 Å². The number of carbonyl (C=O) groups is 1. The average Bonchev–Trinajstić information content (AvgIpc) is 3.12. The molecule has 1 aliphatic rings. The maximum Gasteiger partial charge on any atom is 0.315 e. The van der Waals surface area contributed by atoms with Crippen LogP contribution in [0.2, 0.25) is 0 Å². The molecular weight excluding hydrogens is 258 g/mol. The van der Waals surface area contributed by atoms with E-state index in [9.17, 15) is 4.79 Å². The number of nitrogens with one attached hydrogen (secondary N) is 2. The monoisotopic (exact) mass is 275 g/mol. The molecule has 2 aromatic rings. The minimum Gasteiger partial charge on any atom is -0.381 e. The zero-order chi connectivity index (χ0) is 13.8. The van der Waals surface area contributed by atoms with Gasteiger partial charge in [-0.05, 0) is 18.6 Å². The van der Waals surface area contributed by atoms with Crippen LogP contribution in [0.5, 0.6) is 0 Å². The van der Waals surface area contributed by atoms with Gasteiger partial charge in [-0.3, -0.25) is 4.40 Å². The summed E-state index contributed by atoms with van der Waals surface area (Å²) in [5.41, 5.74) is 0.771. The number of urea groups is 1. The molecule has 3 heterocycles. The Kier molecular flexibility index (Phi) is 3.78. The largest absolute Gasteiger partial charge is 0.381 e. The number of rotatable bonds is 4. The maximum absolute atomic E-state index is 11.7. The molecule has 0 spiro atoms. The van der Waals surface area contributed by atoms with E-state index < -0.39 is 0 Å². The van der Waals surface area contributed by atoms with Crippen LogP contribution >= 0.6 is 0 Å². The van der Waals surface area contributed by atoms with Crippen molar-refractivity contribution in [3.05, 3.63) is 30.2 Å². The summed E-state index contributed by atoms with van der Waals surface area (Å²) < 4.78 is 7.12. The summed E-state index contributed by atoms with van der Waals surface area (Å²) >= 11 is 0. The van der Waals surface area contributed by atoms with Crippen LogP contribution in [0.4, 0.5) is 4.79 Å². The van der Waals surface area contributed by atoms with E-state index in [1.54, 1.807) is 0 Å². The molecule has 1 unspecified atom stereocenters. The second-order valence-electron chi connectivity index (χ2n) is 4.84. The summed E-state index contributed by atoms with van der Waals surface area (Å²) in [7, 11) is 0. The summed E-state index contributed by atoms with van der Waals surface area (Å²) in [5, 5.41) is 13.7. The first-order valence-corrected chi connectivity index (χ1v) is 6.71. The Morgan fingerprint density at radius 2 is 2.35 bits per heavy atom. The quantitative estimate of drug-likeness (QED) is 0.854. The van der Waals surface area contributed by atoms with E-state index >= 15 is 0 Å². The first kappa shape index (κ1) is 12.9. The first-order chi connectivity index (χ1) is 9.83. The molecule has 7 heteroatoms. The molecule has 0 aliphatic carbocycles. The topological polar surface area (TPSA) is 80.6 Å². The van der Waals surface area contributed by atoms with Crippen molar-refractivity contribution in [2.75, 3.05) is 19.8 Å². The minimum atomic E-state index is -0.190. The molecule has 0 aromatic carbocycles. The van der Waals surface area contributed by atoms with Crippen LogP contribution in [-0.4, -0.2) is 40.4 Å². The van der Waals surface area contributed by atoms with Gasteiger partial charge in [0.15, 0.2) is 11.5 Å². The highest BCUT2D eigenvalue weighted by molar-refractivity contribution is 5.73. The highest BCUT2D eigenvalue weighted by Gasteiger charge is 2.16. The Hall–Kier alpha value is -2.15. The second kappa shape index (κ2) is 5.87. The predicted octanol–water partition coefficient (Wildman–Crippen LogP) is 0.565. The summed E-state index contributed by atoms with van der Waals surface area (Å²) in [5.74, 6) is 1.13. The summed E-state index contributed by atoms with van der Waals surface area (Å²) in [6, 6.07) is 5.48. The van der Waals surface area contributed by atoms with Gasteiger partial charge in [-0.15, -0.1) is 10.2 Å². The molecular formula is C13H17N5O2. The number of amides is 2. The molecule has 3 rings (SSSR count). The molecule has 2 amide bonds. The molecule has 7 nitrogen and oxygen atoms in total. The summed E-state index contributed by atoms with van der Waals surface area (Å²) in [6.45, 7) is 2.51. The molecule has 2 N–H and O–H groups in total. The van der Waals surface area contributed by atoms with E-state index in [2.05, 4.69) is 20.8 Å². The molecule has 1 fully saturated rings. The Balaban J connectivity index is 1.49. The number of hydrogen-bond donors (Lipinski definition) is 2. The fourth-order valence-corrected chi connectivity index (χ4v) is 2.21. The maximum atomic E-state index is 11.7. The van der Waals surface area contributed by atoms with Crippen molar-refractivity contribution in [3.8, 4) is 0 Å². The predicted molar refractivity (Wildman–Crippen MR) is 72.2 cm³/mol. The lowest BCUT2D eigenvalue weighted by Crippen LogP contribution is -2.38. The van der Waals surface area contributed by atoms with Crippen LogP contribution in [0, 0.1) is 5.92 Å². The smallest absolute Gasteiger partial charge is 0.315 e. The third-order valence-electron chi connectivity index (χ3n) is 3.37. The molecule has 0 radical (unpaired) electrons. The van der Waals surface area contributed by atoms with Crippen molar-refractivity contribution >= 4 is 11.7 Å². The van der Waals surface area contributed by atoms with Gasteiger partial charge in [-0.1, -0.05) is 6.07 Å². The molecule has 0 saturated carbocycles. The first-order valence-electron chi connectivity index (χ1n) is 6.71. The Morgan fingerprint density at radius 1 is 1.40 bits per heavy atom. The van der Waals surface area contributed by atoms with Crippen molar-refractivity contribution in [1.82, 2.24) is 25.2 Å². The molecule has 106 valence electrons. The standard InChI is InChI=1S/C13H17N5O2/c19-13(14-7-10-4-6-20-9-10)15-8-12-17-16-11-3-1-2-5-18(11)12/h1-3,5,10H,4,6-9H2,(H2,14,15,19). The number of pyridine rings is 1. The number of fused-ring (bicyclic) bond motifs is 1. The van der Waals surface area contributed by atoms with Gasteiger partial charge in [0.25, 0.3) is 0 Å². The number of ether oxygens (including phenoxy) is 1. The van der Waals surface area contributed by atoms with Gasteiger partial charge in [-0.25, -0.2) is 4.79 Å². The van der Waals surface area contributed by atoms with E-state index in [1.165, 1.54) is 0 Å². The Bertz CT molecular complexity index is 591. The summed E-state index contributed by atoms with van der Waals surface area (Å²) in [4.78, 5) is 11.7. The van der Waals surface area contributed by atoms with Gasteiger partial charge in [0.1, 0.15) is 0 Å². The summed E-state index contributed by atoms with van der Waals surface area (Å²) in [6.07, 6.45) is 2.88. The van der Waals surface area contributed by atoms with Gasteiger partial charge in [0.05, 0.1) is 13.2 Å². The van der Waals surface area contributed by atoms with E-state index in [0.29, 0.717) is 24.8 Å². The fraction of sp³-hybridized carbons (Fsp3) is 0.462. The van der Waals surface area contributed by atoms with Crippen LogP contribution in [0.15, 0.2) is 24.4 Å². The van der Waals surface area contributed by atoms with Gasteiger partial charge in [0, 0.05) is 25.3 Å². The van der Waals surface area contributed by atoms with E-state index in [1.807, 2.05) is 28.8 Å². The molecule has 1 saturated heterocycles. The molecule has 2 aromatic heterocycles. The van der Waals surface area contributed by atoms with Crippen LogP contribution in [0.1, 0.15) is 12.2 Å². The molecule has 1 atom stereocenters. The van der Waals surface area contributed by atoms with Crippen LogP contribution < -0.4 is 10.6 Å². The van der Waals surface area contributed by atoms with E-state index in [-0.39, 0.29) is 6.03 Å². The molecule has 1 aliphatic heterocycles. The van der Waals surface area contributed by atoms with Crippen LogP contribution in [0.3, 0.4) is 0 Å². The zero-order valence-electron chi connectivity index (χ0n) is 11.1. The lowest BCUT2D eigenvalue weighted by molar-refractivity contribution is 0.185. The zero-order valence-corrected chi connectivity index (χ0v) is 11.1. The van der Waals surface area contributed by atoms with Crippen molar-refractivity contribution < 1.29 is 9.53 Å². The van der Waals surface area contributed by atoms with Crippen molar-refractivity contribution in [3.63, 3.8) is 0 Å². The highest BCUT2D eigenvalue weighted by Crippen LogP contribution is 2.10. The molecule has 20 heavy (non-hydrogen) atoms. The minimum absolute atomic E-state index is 0.190. The average molecular weight is 275 g/mol. The highest BCUT2D eigenvalue weighted by atomic mass is 16.5. The van der Waals surface area contributed by atoms with E-state index in [4.69, 9.17) is 4.74 Å².